The number of carbonyl (C=O) groups is 2. The Morgan fingerprint density at radius 3 is 2.56 bits per heavy atom. The number of amides is 2. The maximum Gasteiger partial charge on any atom is 0.258 e. The van der Waals surface area contributed by atoms with Crippen molar-refractivity contribution in [3.8, 4) is 0 Å². The molecule has 1 aromatic carbocycles. The van der Waals surface area contributed by atoms with Gasteiger partial charge in [0.1, 0.15) is 11.8 Å². The van der Waals surface area contributed by atoms with Gasteiger partial charge in [-0.15, -0.1) is 0 Å². The van der Waals surface area contributed by atoms with Gasteiger partial charge in [0.15, 0.2) is 0 Å². The molecule has 1 N–H and O–H groups in total. The van der Waals surface area contributed by atoms with Crippen LogP contribution < -0.4 is 5.32 Å². The molecule has 1 saturated heterocycles. The summed E-state index contributed by atoms with van der Waals surface area (Å²) >= 11 is 6.25. The fourth-order valence-corrected chi connectivity index (χ4v) is 4.03. The van der Waals surface area contributed by atoms with Gasteiger partial charge < -0.3 is 10.1 Å². The largest absolute Gasteiger partial charge is 0.353 e. The van der Waals surface area contributed by atoms with Crippen LogP contribution in [0.1, 0.15) is 56.3 Å². The lowest BCUT2D eigenvalue weighted by molar-refractivity contribution is -0.127. The predicted molar refractivity (Wildman–Crippen MR) is 96.5 cm³/mol. The van der Waals surface area contributed by atoms with E-state index >= 15 is 0 Å². The summed E-state index contributed by atoms with van der Waals surface area (Å²) in [5.41, 5.74) is -0.269. The fourth-order valence-electron chi connectivity index (χ4n) is 3.82. The van der Waals surface area contributed by atoms with Gasteiger partial charge in [-0.3, -0.25) is 14.5 Å². The van der Waals surface area contributed by atoms with Crippen LogP contribution in [0, 0.1) is 0 Å². The first-order valence-corrected chi connectivity index (χ1v) is 9.35. The number of carbonyl (C=O) groups excluding carboxylic acids is 2. The Bertz CT molecular complexity index is 656. The van der Waals surface area contributed by atoms with Crippen molar-refractivity contribution in [2.75, 3.05) is 6.61 Å². The molecule has 1 spiro atoms. The number of rotatable bonds is 3. The van der Waals surface area contributed by atoms with E-state index in [1.807, 2.05) is 13.8 Å². The summed E-state index contributed by atoms with van der Waals surface area (Å²) in [4.78, 5) is 27.7. The molecular weight excluding hydrogens is 340 g/mol. The third kappa shape index (κ3) is 3.53. The van der Waals surface area contributed by atoms with Crippen molar-refractivity contribution in [1.29, 1.82) is 0 Å². The lowest BCUT2D eigenvalue weighted by atomic mass is 9.89. The van der Waals surface area contributed by atoms with E-state index in [-0.39, 0.29) is 24.5 Å². The number of hydrogen-bond donors (Lipinski definition) is 1. The zero-order valence-electron chi connectivity index (χ0n) is 14.8. The lowest BCUT2D eigenvalue weighted by Crippen LogP contribution is -2.57. The van der Waals surface area contributed by atoms with E-state index in [1.165, 1.54) is 0 Å². The number of ether oxygens (including phenoxy) is 1. The van der Waals surface area contributed by atoms with E-state index in [1.54, 1.807) is 29.2 Å². The maximum absolute atomic E-state index is 13.3. The Labute approximate surface area is 153 Å². The second-order valence-electron chi connectivity index (χ2n) is 7.15. The van der Waals surface area contributed by atoms with Crippen molar-refractivity contribution in [2.45, 2.75) is 63.8 Å². The summed E-state index contributed by atoms with van der Waals surface area (Å²) in [5, 5.41) is 3.31. The van der Waals surface area contributed by atoms with E-state index < -0.39 is 11.8 Å². The van der Waals surface area contributed by atoms with Crippen LogP contribution in [0.4, 0.5) is 0 Å². The van der Waals surface area contributed by atoms with E-state index in [0.717, 1.165) is 32.1 Å². The first-order valence-electron chi connectivity index (χ1n) is 8.97. The molecule has 0 unspecified atom stereocenters. The average Bonchev–Trinajstić information content (AvgIpc) is 2.93. The average molecular weight is 365 g/mol. The summed E-state index contributed by atoms with van der Waals surface area (Å²) in [5.74, 6) is -0.397. The minimum atomic E-state index is -0.687. The Morgan fingerprint density at radius 2 is 1.92 bits per heavy atom. The van der Waals surface area contributed by atoms with Crippen LogP contribution in [0.5, 0.6) is 0 Å². The zero-order valence-corrected chi connectivity index (χ0v) is 15.5. The number of nitrogens with zero attached hydrogens (tertiary/aromatic N) is 1. The summed E-state index contributed by atoms with van der Waals surface area (Å²) < 4.78 is 6.09. The van der Waals surface area contributed by atoms with Gasteiger partial charge in [-0.1, -0.05) is 30.2 Å². The molecule has 1 aliphatic carbocycles. The fraction of sp³-hybridized carbons (Fsp3) is 0.579. The van der Waals surface area contributed by atoms with Crippen molar-refractivity contribution in [3.63, 3.8) is 0 Å². The molecule has 2 fully saturated rings. The predicted octanol–water partition coefficient (Wildman–Crippen LogP) is 3.37. The van der Waals surface area contributed by atoms with E-state index in [2.05, 4.69) is 5.32 Å². The van der Waals surface area contributed by atoms with Crippen molar-refractivity contribution in [2.24, 2.45) is 0 Å². The van der Waals surface area contributed by atoms with Crippen molar-refractivity contribution in [1.82, 2.24) is 10.2 Å². The standard InChI is InChI=1S/C19H25ClN2O3/c1-13(2)21-17(23)16-12-25-19(10-6-3-7-11-19)22(16)18(24)14-8-4-5-9-15(14)20/h4-5,8-9,13,16H,3,6-7,10-12H2,1-2H3,(H,21,23)/t16-/m0/s1. The lowest BCUT2D eigenvalue weighted by Gasteiger charge is -2.41. The molecule has 5 nitrogen and oxygen atoms in total. The Kier molecular flexibility index (Phi) is 5.35. The highest BCUT2D eigenvalue weighted by Crippen LogP contribution is 2.41. The number of halogens is 1. The zero-order chi connectivity index (χ0) is 18.0. The highest BCUT2D eigenvalue weighted by atomic mass is 35.5. The highest BCUT2D eigenvalue weighted by Gasteiger charge is 2.53. The second-order valence-corrected chi connectivity index (χ2v) is 7.56. The molecule has 6 heteroatoms. The molecule has 1 aliphatic heterocycles. The number of nitrogens with one attached hydrogen (secondary N) is 1. The molecule has 2 amide bonds. The minimum Gasteiger partial charge on any atom is -0.353 e. The molecule has 25 heavy (non-hydrogen) atoms. The second kappa shape index (κ2) is 7.34. The van der Waals surface area contributed by atoms with Gasteiger partial charge in [-0.25, -0.2) is 0 Å². The molecule has 2 aliphatic rings. The molecular formula is C19H25ClN2O3. The Hall–Kier alpha value is -1.59. The normalized spacial score (nSPS) is 22.4. The van der Waals surface area contributed by atoms with Gasteiger partial charge in [0, 0.05) is 6.04 Å². The van der Waals surface area contributed by atoms with Crippen LogP contribution in [0.2, 0.25) is 5.02 Å². The molecule has 1 atom stereocenters. The van der Waals surface area contributed by atoms with Gasteiger partial charge in [0.2, 0.25) is 5.91 Å². The van der Waals surface area contributed by atoms with Gasteiger partial charge >= 0.3 is 0 Å². The van der Waals surface area contributed by atoms with E-state index in [4.69, 9.17) is 16.3 Å². The van der Waals surface area contributed by atoms with Gasteiger partial charge in [-0.05, 0) is 51.7 Å². The van der Waals surface area contributed by atoms with Crippen molar-refractivity contribution >= 4 is 23.4 Å². The Morgan fingerprint density at radius 1 is 1.24 bits per heavy atom. The summed E-state index contributed by atoms with van der Waals surface area (Å²) in [7, 11) is 0. The Balaban J connectivity index is 1.96. The molecule has 0 bridgehead atoms. The SMILES string of the molecule is CC(C)NC(=O)[C@@H]1COC2(CCCCC2)N1C(=O)c1ccccc1Cl. The van der Waals surface area contributed by atoms with E-state index in [9.17, 15) is 9.59 Å². The molecule has 0 aromatic heterocycles. The molecule has 1 aromatic rings. The van der Waals surface area contributed by atoms with Crippen molar-refractivity contribution < 1.29 is 14.3 Å². The van der Waals surface area contributed by atoms with Gasteiger partial charge in [-0.2, -0.15) is 0 Å². The van der Waals surface area contributed by atoms with Crippen LogP contribution in [0.15, 0.2) is 24.3 Å². The van der Waals surface area contributed by atoms with Crippen LogP contribution in [0.3, 0.4) is 0 Å². The van der Waals surface area contributed by atoms with E-state index in [0.29, 0.717) is 10.6 Å². The molecule has 136 valence electrons. The molecule has 3 rings (SSSR count). The topological polar surface area (TPSA) is 58.6 Å². The van der Waals surface area contributed by atoms with Crippen LogP contribution >= 0.6 is 11.6 Å². The molecule has 0 radical (unpaired) electrons. The van der Waals surface area contributed by atoms with Crippen molar-refractivity contribution in [3.05, 3.63) is 34.9 Å². The number of hydrogen-bond acceptors (Lipinski definition) is 3. The van der Waals surface area contributed by atoms with Crippen LogP contribution in [-0.2, 0) is 9.53 Å². The maximum atomic E-state index is 13.3. The first kappa shape index (κ1) is 18.2. The molecule has 1 saturated carbocycles. The van der Waals surface area contributed by atoms with Crippen LogP contribution in [0.25, 0.3) is 0 Å². The summed E-state index contributed by atoms with van der Waals surface area (Å²) in [6, 6.07) is 6.36. The smallest absolute Gasteiger partial charge is 0.258 e. The molecule has 1 heterocycles. The number of benzene rings is 1. The first-order chi connectivity index (χ1) is 11.9. The third-order valence-corrected chi connectivity index (χ3v) is 5.28. The highest BCUT2D eigenvalue weighted by molar-refractivity contribution is 6.33. The quantitative estimate of drug-likeness (QED) is 0.894. The van der Waals surface area contributed by atoms with Gasteiger partial charge in [0.05, 0.1) is 17.2 Å². The summed E-state index contributed by atoms with van der Waals surface area (Å²) in [6.07, 6.45) is 4.63. The minimum absolute atomic E-state index is 0.00710. The third-order valence-electron chi connectivity index (χ3n) is 4.95. The van der Waals surface area contributed by atoms with Crippen LogP contribution in [-0.4, -0.2) is 41.1 Å². The summed E-state index contributed by atoms with van der Waals surface area (Å²) in [6.45, 7) is 4.05. The monoisotopic (exact) mass is 364 g/mol. The van der Waals surface area contributed by atoms with Gasteiger partial charge in [0.25, 0.3) is 5.91 Å².